The summed E-state index contributed by atoms with van der Waals surface area (Å²) in [7, 11) is 1.42. The van der Waals surface area contributed by atoms with Crippen molar-refractivity contribution in [2.45, 2.75) is 31.3 Å². The molecule has 42 heavy (non-hydrogen) atoms. The van der Waals surface area contributed by atoms with Crippen molar-refractivity contribution in [2.75, 3.05) is 12.4 Å². The Morgan fingerprint density at radius 3 is 2.21 bits per heavy atom. The van der Waals surface area contributed by atoms with Crippen LogP contribution in [0.1, 0.15) is 37.0 Å². The number of fused-ring (bicyclic) bond motifs is 1. The van der Waals surface area contributed by atoms with Crippen LogP contribution < -0.4 is 5.32 Å². The summed E-state index contributed by atoms with van der Waals surface area (Å²) in [5, 5.41) is 3.66. The van der Waals surface area contributed by atoms with Gasteiger partial charge in [0, 0.05) is 21.5 Å². The Bertz CT molecular complexity index is 1790. The van der Waals surface area contributed by atoms with Gasteiger partial charge in [-0.05, 0) is 60.7 Å². The Morgan fingerprint density at radius 1 is 0.929 bits per heavy atom. The molecule has 1 amide bonds. The highest BCUT2D eigenvalue weighted by Crippen LogP contribution is 2.49. The highest BCUT2D eigenvalue weighted by Gasteiger charge is 2.52. The first-order valence-corrected chi connectivity index (χ1v) is 13.9. The topological polar surface area (TPSA) is 77.8 Å². The van der Waals surface area contributed by atoms with E-state index < -0.39 is 23.4 Å². The van der Waals surface area contributed by atoms with E-state index in [1.165, 1.54) is 25.3 Å². The van der Waals surface area contributed by atoms with Crippen molar-refractivity contribution in [1.29, 1.82) is 0 Å². The summed E-state index contributed by atoms with van der Waals surface area (Å²) in [6, 6.07) is 26.8. The van der Waals surface area contributed by atoms with E-state index >= 15 is 0 Å². The maximum atomic E-state index is 14.2. The first-order valence-electron chi connectivity index (χ1n) is 13.5. The number of carbonyl (C=O) groups excluding carboxylic acids is 2. The van der Waals surface area contributed by atoms with Crippen molar-refractivity contribution in [3.63, 3.8) is 0 Å². The number of nitrogens with one attached hydrogen (secondary N) is 1. The number of halogens is 2. The minimum absolute atomic E-state index is 0.197. The van der Waals surface area contributed by atoms with Crippen molar-refractivity contribution in [2.24, 2.45) is 0 Å². The summed E-state index contributed by atoms with van der Waals surface area (Å²) in [5.74, 6) is -0.291. The molecule has 1 N–H and O–H groups in total. The molecule has 1 heterocycles. The van der Waals surface area contributed by atoms with Gasteiger partial charge in [0.1, 0.15) is 17.5 Å². The van der Waals surface area contributed by atoms with Gasteiger partial charge < -0.3 is 13.9 Å². The standard InChI is InChI=1S/C34H27ClFNO5/c1-20(26-5-3-4-6-28(26)35)41-33(39)37-30-27-19-25(36)15-16-29(27)42-31(30)23-9-7-21(8-10-23)22-11-13-24(14-12-22)34(17-18-34)32(38)40-2/h3-16,19-20H,17-18H2,1-2H3,(H,37,39). The lowest BCUT2D eigenvalue weighted by molar-refractivity contribution is -0.143. The predicted octanol–water partition coefficient (Wildman–Crippen LogP) is 9.07. The molecule has 1 atom stereocenters. The van der Waals surface area contributed by atoms with E-state index in [9.17, 15) is 14.0 Å². The maximum Gasteiger partial charge on any atom is 0.412 e. The van der Waals surface area contributed by atoms with Crippen LogP contribution in [0.25, 0.3) is 33.4 Å². The van der Waals surface area contributed by atoms with Gasteiger partial charge in [0.2, 0.25) is 0 Å². The molecule has 1 aliphatic carbocycles. The van der Waals surface area contributed by atoms with Crippen LogP contribution in [-0.4, -0.2) is 19.2 Å². The van der Waals surface area contributed by atoms with Crippen molar-refractivity contribution in [1.82, 2.24) is 0 Å². The van der Waals surface area contributed by atoms with E-state index in [-0.39, 0.29) is 5.97 Å². The van der Waals surface area contributed by atoms with Crippen LogP contribution in [0.5, 0.6) is 0 Å². The number of rotatable bonds is 7. The summed E-state index contributed by atoms with van der Waals surface area (Å²) < 4.78 is 30.9. The fourth-order valence-electron chi connectivity index (χ4n) is 5.28. The number of hydrogen-bond acceptors (Lipinski definition) is 5. The van der Waals surface area contributed by atoms with Crippen LogP contribution >= 0.6 is 11.6 Å². The summed E-state index contributed by atoms with van der Waals surface area (Å²) in [6.45, 7) is 1.72. The molecule has 1 aliphatic rings. The fourth-order valence-corrected chi connectivity index (χ4v) is 5.57. The summed E-state index contributed by atoms with van der Waals surface area (Å²) >= 11 is 6.27. The zero-order valence-corrected chi connectivity index (χ0v) is 23.7. The molecule has 4 aromatic carbocycles. The molecule has 6 rings (SSSR count). The number of hydrogen-bond donors (Lipinski definition) is 1. The van der Waals surface area contributed by atoms with E-state index in [2.05, 4.69) is 5.32 Å². The molecule has 5 aromatic rings. The van der Waals surface area contributed by atoms with E-state index in [0.29, 0.717) is 38.6 Å². The number of amides is 1. The molecule has 0 aliphatic heterocycles. The highest BCUT2D eigenvalue weighted by atomic mass is 35.5. The number of furan rings is 1. The van der Waals surface area contributed by atoms with Crippen LogP contribution in [0.3, 0.4) is 0 Å². The quantitative estimate of drug-likeness (QED) is 0.193. The monoisotopic (exact) mass is 583 g/mol. The fraction of sp³-hybridized carbons (Fsp3) is 0.176. The second-order valence-electron chi connectivity index (χ2n) is 10.4. The molecule has 6 nitrogen and oxygen atoms in total. The molecule has 0 bridgehead atoms. The molecule has 1 unspecified atom stereocenters. The van der Waals surface area contributed by atoms with Crippen molar-refractivity contribution in [3.8, 4) is 22.5 Å². The number of esters is 1. The van der Waals surface area contributed by atoms with Gasteiger partial charge in [-0.15, -0.1) is 0 Å². The molecular weight excluding hydrogens is 557 g/mol. The van der Waals surface area contributed by atoms with E-state index in [0.717, 1.165) is 29.5 Å². The number of benzene rings is 4. The van der Waals surface area contributed by atoms with Gasteiger partial charge >= 0.3 is 12.1 Å². The zero-order chi connectivity index (χ0) is 29.4. The number of methoxy groups -OCH3 is 1. The van der Waals surface area contributed by atoms with Gasteiger partial charge in [0.05, 0.1) is 18.2 Å². The maximum absolute atomic E-state index is 14.2. The second-order valence-corrected chi connectivity index (χ2v) is 10.8. The van der Waals surface area contributed by atoms with Crippen LogP contribution in [0, 0.1) is 5.82 Å². The molecule has 0 saturated heterocycles. The number of ether oxygens (including phenoxy) is 2. The molecule has 0 spiro atoms. The van der Waals surface area contributed by atoms with Gasteiger partial charge in [-0.2, -0.15) is 0 Å². The molecule has 212 valence electrons. The van der Waals surface area contributed by atoms with Crippen LogP contribution in [-0.2, 0) is 19.7 Å². The van der Waals surface area contributed by atoms with Gasteiger partial charge in [-0.25, -0.2) is 9.18 Å². The Kier molecular flexibility index (Phi) is 7.21. The second kappa shape index (κ2) is 11.0. The Hall–Kier alpha value is -4.62. The normalized spacial score (nSPS) is 14.3. The average molecular weight is 584 g/mol. The predicted molar refractivity (Wildman–Crippen MR) is 160 cm³/mol. The molecule has 0 radical (unpaired) electrons. The largest absolute Gasteiger partial charge is 0.468 e. The molecule has 8 heteroatoms. The van der Waals surface area contributed by atoms with Gasteiger partial charge in [0.25, 0.3) is 0 Å². The van der Waals surface area contributed by atoms with E-state index in [4.69, 9.17) is 25.5 Å². The Balaban J connectivity index is 1.27. The lowest BCUT2D eigenvalue weighted by Gasteiger charge is -2.15. The third-order valence-corrected chi connectivity index (χ3v) is 8.09. The zero-order valence-electron chi connectivity index (χ0n) is 22.9. The molecule has 1 saturated carbocycles. The van der Waals surface area contributed by atoms with Gasteiger partial charge in [-0.1, -0.05) is 78.3 Å². The van der Waals surface area contributed by atoms with E-state index in [1.807, 2.05) is 54.6 Å². The number of carbonyl (C=O) groups is 2. The SMILES string of the molecule is COC(=O)C1(c2ccc(-c3ccc(-c4oc5ccc(F)cc5c4NC(=O)OC(C)c4ccccc4Cl)cc3)cc2)CC1. The van der Waals surface area contributed by atoms with Crippen molar-refractivity contribution >= 4 is 40.3 Å². The molecule has 1 fully saturated rings. The lowest BCUT2D eigenvalue weighted by atomic mass is 9.93. The van der Waals surface area contributed by atoms with Crippen LogP contribution in [0.15, 0.2) is 95.4 Å². The summed E-state index contributed by atoms with van der Waals surface area (Å²) in [6.07, 6.45) is 0.230. The van der Waals surface area contributed by atoms with Crippen molar-refractivity contribution in [3.05, 3.63) is 113 Å². The molecular formula is C34H27ClFNO5. The smallest absolute Gasteiger partial charge is 0.412 e. The summed E-state index contributed by atoms with van der Waals surface area (Å²) in [5.41, 5.74) is 4.44. The lowest BCUT2D eigenvalue weighted by Crippen LogP contribution is -2.21. The highest BCUT2D eigenvalue weighted by molar-refractivity contribution is 6.31. The first-order chi connectivity index (χ1) is 20.3. The minimum Gasteiger partial charge on any atom is -0.468 e. The van der Waals surface area contributed by atoms with Gasteiger partial charge in [0.15, 0.2) is 5.76 Å². The Labute approximate surface area is 247 Å². The van der Waals surface area contributed by atoms with Crippen LogP contribution in [0.2, 0.25) is 5.02 Å². The average Bonchev–Trinajstić information content (AvgIpc) is 3.75. The molecule has 1 aromatic heterocycles. The van der Waals surface area contributed by atoms with Crippen molar-refractivity contribution < 1.29 is 27.9 Å². The van der Waals surface area contributed by atoms with Gasteiger partial charge in [-0.3, -0.25) is 10.1 Å². The first kappa shape index (κ1) is 27.5. The third-order valence-electron chi connectivity index (χ3n) is 7.75. The minimum atomic E-state index is -0.729. The van der Waals surface area contributed by atoms with E-state index in [1.54, 1.807) is 25.1 Å². The third kappa shape index (κ3) is 5.12. The van der Waals surface area contributed by atoms with Crippen LogP contribution in [0.4, 0.5) is 14.9 Å². The Morgan fingerprint density at radius 2 is 1.57 bits per heavy atom. The summed E-state index contributed by atoms with van der Waals surface area (Å²) in [4.78, 5) is 25.2. The number of anilines is 1.